The van der Waals surface area contributed by atoms with Gasteiger partial charge in [0.05, 0.1) is 26.4 Å². The molecule has 1 N–H and O–H groups in total. The van der Waals surface area contributed by atoms with Gasteiger partial charge in [-0.1, -0.05) is 6.07 Å². The van der Waals surface area contributed by atoms with E-state index in [9.17, 15) is 9.59 Å². The predicted molar refractivity (Wildman–Crippen MR) is 84.3 cm³/mol. The number of hydrogen-bond acceptors (Lipinski definition) is 5. The lowest BCUT2D eigenvalue weighted by molar-refractivity contribution is -0.159. The maximum absolute atomic E-state index is 12.3. The third-order valence-electron chi connectivity index (χ3n) is 4.13. The molecule has 0 radical (unpaired) electrons. The molecule has 2 heterocycles. The van der Waals surface area contributed by atoms with Crippen molar-refractivity contribution in [1.82, 2.24) is 4.90 Å². The van der Waals surface area contributed by atoms with E-state index in [1.165, 1.54) is 0 Å². The highest BCUT2D eigenvalue weighted by atomic mass is 16.5. The Bertz CT molecular complexity index is 617. The second-order valence-electron chi connectivity index (χ2n) is 5.87. The molecule has 1 saturated heterocycles. The van der Waals surface area contributed by atoms with Gasteiger partial charge < -0.3 is 24.2 Å². The molecule has 3 rings (SSSR count). The van der Waals surface area contributed by atoms with Crippen LogP contribution >= 0.6 is 0 Å². The van der Waals surface area contributed by atoms with Crippen LogP contribution in [0.1, 0.15) is 18.4 Å². The van der Waals surface area contributed by atoms with Crippen LogP contribution in [0.4, 0.5) is 0 Å². The Morgan fingerprint density at radius 1 is 1.17 bits per heavy atom. The summed E-state index contributed by atoms with van der Waals surface area (Å²) >= 11 is 0. The fourth-order valence-electron chi connectivity index (χ4n) is 2.80. The van der Waals surface area contributed by atoms with Crippen LogP contribution in [0, 0.1) is 0 Å². The number of ether oxygens (including phenoxy) is 3. The Morgan fingerprint density at radius 3 is 2.75 bits per heavy atom. The topological polar surface area (TPSA) is 85.3 Å². The van der Waals surface area contributed by atoms with Crippen LogP contribution in [0.5, 0.6) is 11.5 Å². The number of carbonyl (C=O) groups excluding carboxylic acids is 1. The normalized spacial score (nSPS) is 20.3. The molecule has 1 aromatic carbocycles. The molecule has 7 nitrogen and oxygen atoms in total. The molecular weight excluding hydrogens is 314 g/mol. The van der Waals surface area contributed by atoms with Crippen molar-refractivity contribution in [2.45, 2.75) is 25.4 Å². The molecule has 1 atom stereocenters. The Labute approximate surface area is 140 Å². The van der Waals surface area contributed by atoms with E-state index in [0.29, 0.717) is 32.6 Å². The molecule has 0 bridgehead atoms. The van der Waals surface area contributed by atoms with E-state index in [4.69, 9.17) is 19.3 Å². The number of carboxylic acid groups (broad SMARTS) is 1. The van der Waals surface area contributed by atoms with Gasteiger partial charge in [-0.05, 0) is 24.1 Å². The zero-order valence-corrected chi connectivity index (χ0v) is 13.4. The van der Waals surface area contributed by atoms with Crippen LogP contribution in [0.25, 0.3) is 0 Å². The zero-order chi connectivity index (χ0) is 16.9. The number of carboxylic acids is 1. The van der Waals surface area contributed by atoms with Gasteiger partial charge in [0.25, 0.3) is 0 Å². The van der Waals surface area contributed by atoms with Crippen LogP contribution in [0.15, 0.2) is 18.2 Å². The van der Waals surface area contributed by atoms with Crippen molar-refractivity contribution in [1.29, 1.82) is 0 Å². The van der Waals surface area contributed by atoms with Gasteiger partial charge >= 0.3 is 5.97 Å². The van der Waals surface area contributed by atoms with Crippen molar-refractivity contribution in [3.63, 3.8) is 0 Å². The fourth-order valence-corrected chi connectivity index (χ4v) is 2.80. The summed E-state index contributed by atoms with van der Waals surface area (Å²) < 4.78 is 16.4. The smallest absolute Gasteiger partial charge is 0.334 e. The van der Waals surface area contributed by atoms with Crippen LogP contribution in [0.2, 0.25) is 0 Å². The summed E-state index contributed by atoms with van der Waals surface area (Å²) in [6.45, 7) is 2.07. The molecule has 1 aromatic rings. The molecule has 24 heavy (non-hydrogen) atoms. The van der Waals surface area contributed by atoms with Gasteiger partial charge in [0, 0.05) is 19.4 Å². The average molecular weight is 335 g/mol. The molecule has 7 heteroatoms. The van der Waals surface area contributed by atoms with Crippen molar-refractivity contribution in [3.05, 3.63) is 23.8 Å². The summed E-state index contributed by atoms with van der Waals surface area (Å²) in [6.07, 6.45) is 0.821. The number of morpholine rings is 1. The Kier molecular flexibility index (Phi) is 5.20. The van der Waals surface area contributed by atoms with E-state index in [1.54, 1.807) is 4.90 Å². The van der Waals surface area contributed by atoms with Crippen molar-refractivity contribution < 1.29 is 28.9 Å². The largest absolute Gasteiger partial charge is 0.490 e. The SMILES string of the molecule is O=C(O)[C@H]1CN(C(=O)CCc2ccc3c(c2)OCCCO3)CCO1. The third kappa shape index (κ3) is 3.97. The molecular formula is C17H21NO6. The first-order valence-corrected chi connectivity index (χ1v) is 8.14. The van der Waals surface area contributed by atoms with Gasteiger partial charge in [0.1, 0.15) is 0 Å². The van der Waals surface area contributed by atoms with Crippen LogP contribution < -0.4 is 9.47 Å². The molecule has 0 aromatic heterocycles. The standard InChI is InChI=1S/C17H21NO6/c19-16(18-6-9-24-15(11-18)17(20)21)5-3-12-2-4-13-14(10-12)23-8-1-7-22-13/h2,4,10,15H,1,3,5-9,11H2,(H,20,21)/t15-/m1/s1. The number of aliphatic carboxylic acids is 1. The minimum absolute atomic E-state index is 0.0586. The fraction of sp³-hybridized carbons (Fsp3) is 0.529. The molecule has 0 saturated carbocycles. The van der Waals surface area contributed by atoms with Crippen molar-refractivity contribution >= 4 is 11.9 Å². The minimum Gasteiger partial charge on any atom is -0.490 e. The number of hydrogen-bond donors (Lipinski definition) is 1. The average Bonchev–Trinajstić information content (AvgIpc) is 2.84. The number of amides is 1. The first-order chi connectivity index (χ1) is 11.6. The zero-order valence-electron chi connectivity index (χ0n) is 13.4. The molecule has 0 aliphatic carbocycles. The van der Waals surface area contributed by atoms with Crippen LogP contribution in [-0.2, 0) is 20.7 Å². The minimum atomic E-state index is -1.03. The first kappa shape index (κ1) is 16.6. The quantitative estimate of drug-likeness (QED) is 0.887. The molecule has 1 amide bonds. The Morgan fingerprint density at radius 2 is 1.96 bits per heavy atom. The number of carbonyl (C=O) groups is 2. The highest BCUT2D eigenvalue weighted by Gasteiger charge is 2.28. The van der Waals surface area contributed by atoms with Gasteiger partial charge in [0.15, 0.2) is 17.6 Å². The second-order valence-corrected chi connectivity index (χ2v) is 5.87. The lowest BCUT2D eigenvalue weighted by Crippen LogP contribution is -2.48. The Balaban J connectivity index is 1.56. The monoisotopic (exact) mass is 335 g/mol. The van der Waals surface area contributed by atoms with E-state index in [-0.39, 0.29) is 19.1 Å². The number of aryl methyl sites for hydroxylation is 1. The third-order valence-corrected chi connectivity index (χ3v) is 4.13. The van der Waals surface area contributed by atoms with Gasteiger partial charge in [0.2, 0.25) is 5.91 Å². The number of fused-ring (bicyclic) bond motifs is 1. The summed E-state index contributed by atoms with van der Waals surface area (Å²) in [7, 11) is 0. The van der Waals surface area contributed by atoms with Gasteiger partial charge in [-0.3, -0.25) is 4.79 Å². The first-order valence-electron chi connectivity index (χ1n) is 8.14. The molecule has 130 valence electrons. The number of nitrogens with zero attached hydrogens (tertiary/aromatic N) is 1. The highest BCUT2D eigenvalue weighted by molar-refractivity contribution is 5.79. The molecule has 2 aliphatic rings. The molecule has 2 aliphatic heterocycles. The highest BCUT2D eigenvalue weighted by Crippen LogP contribution is 2.30. The van der Waals surface area contributed by atoms with Crippen LogP contribution in [0.3, 0.4) is 0 Å². The lowest BCUT2D eigenvalue weighted by atomic mass is 10.1. The van der Waals surface area contributed by atoms with Gasteiger partial charge in [-0.15, -0.1) is 0 Å². The predicted octanol–water partition coefficient (Wildman–Crippen LogP) is 1.09. The number of benzene rings is 1. The number of rotatable bonds is 4. The van der Waals surface area contributed by atoms with Crippen LogP contribution in [-0.4, -0.2) is 60.9 Å². The second kappa shape index (κ2) is 7.53. The van der Waals surface area contributed by atoms with Crippen molar-refractivity contribution in [2.24, 2.45) is 0 Å². The van der Waals surface area contributed by atoms with E-state index in [2.05, 4.69) is 0 Å². The summed E-state index contributed by atoms with van der Waals surface area (Å²) in [4.78, 5) is 24.8. The van der Waals surface area contributed by atoms with E-state index >= 15 is 0 Å². The maximum atomic E-state index is 12.3. The van der Waals surface area contributed by atoms with Gasteiger partial charge in [-0.2, -0.15) is 0 Å². The molecule has 0 unspecified atom stereocenters. The summed E-state index contributed by atoms with van der Waals surface area (Å²) in [5.74, 6) is 0.363. The van der Waals surface area contributed by atoms with Crippen molar-refractivity contribution in [2.75, 3.05) is 32.9 Å². The molecule has 0 spiro atoms. The van der Waals surface area contributed by atoms with E-state index in [0.717, 1.165) is 23.5 Å². The summed E-state index contributed by atoms with van der Waals surface area (Å²) in [5, 5.41) is 8.99. The summed E-state index contributed by atoms with van der Waals surface area (Å²) in [6, 6.07) is 5.71. The van der Waals surface area contributed by atoms with Gasteiger partial charge in [-0.25, -0.2) is 4.79 Å². The Hall–Kier alpha value is -2.28. The van der Waals surface area contributed by atoms with E-state index < -0.39 is 12.1 Å². The van der Waals surface area contributed by atoms with E-state index in [1.807, 2.05) is 18.2 Å². The van der Waals surface area contributed by atoms with Crippen molar-refractivity contribution in [3.8, 4) is 11.5 Å². The maximum Gasteiger partial charge on any atom is 0.334 e. The molecule has 1 fully saturated rings. The summed E-state index contributed by atoms with van der Waals surface area (Å²) in [5.41, 5.74) is 0.996. The lowest BCUT2D eigenvalue weighted by Gasteiger charge is -2.31.